The minimum Gasteiger partial charge on any atom is -0.388 e. The number of aliphatic hydroxyl groups excluding tert-OH is 1. The zero-order valence-electron chi connectivity index (χ0n) is 38.3. The predicted octanol–water partition coefficient (Wildman–Crippen LogP) is 9.66. The predicted molar refractivity (Wildman–Crippen MR) is 255 cm³/mol. The molecule has 8 rings (SSSR count). The van der Waals surface area contributed by atoms with Crippen LogP contribution in [0.1, 0.15) is 46.2 Å². The molecule has 0 bridgehead atoms. The second-order valence-electron chi connectivity index (χ2n) is 17.3. The summed E-state index contributed by atoms with van der Waals surface area (Å²) in [6.45, 7) is 2.57. The zero-order chi connectivity index (χ0) is 45.9. The van der Waals surface area contributed by atoms with Gasteiger partial charge < -0.3 is 47.7 Å². The molecule has 0 unspecified atom stereocenters. The first kappa shape index (κ1) is 48.4. The highest BCUT2D eigenvalue weighted by atomic mass is 16.7. The molecule has 10 nitrogen and oxygen atoms in total. The van der Waals surface area contributed by atoms with E-state index in [0.29, 0.717) is 45.9 Å². The molecule has 0 saturated carbocycles. The van der Waals surface area contributed by atoms with Crippen molar-refractivity contribution in [3.8, 4) is 0 Å². The normalized spacial score (nSPS) is 25.2. The molecule has 0 amide bonds. The standard InChI is InChI=1S/C57H64O10/c1-59-57-48(53(62-36-44-24-12-4-13-25-44)54(63-37-45-26-14-5-15-27-45)51(67-57)41-61-35-43-22-10-3-11-23-43)32-33-49-52(58)56(65-39-47-30-18-7-19-31-47)55(64-38-46-28-16-6-17-29-46)50(66-49)40-60-34-42-20-8-2-9-21-42/h2-31,48-58H,32-41H2,1H3/t48-,49-,50+,51+,52-,53+,54+,55+,56+,57-/m0/s1. The average Bonchev–Trinajstić information content (AvgIpc) is 3.38. The van der Waals surface area contributed by atoms with Gasteiger partial charge in [0.15, 0.2) is 6.29 Å². The van der Waals surface area contributed by atoms with Gasteiger partial charge in [-0.2, -0.15) is 0 Å². The van der Waals surface area contributed by atoms with Crippen LogP contribution < -0.4 is 0 Å². The van der Waals surface area contributed by atoms with Gasteiger partial charge in [0.2, 0.25) is 0 Å². The molecule has 0 aliphatic carbocycles. The minimum atomic E-state index is -1.05. The summed E-state index contributed by atoms with van der Waals surface area (Å²) in [4.78, 5) is 0. The fourth-order valence-electron chi connectivity index (χ4n) is 8.97. The van der Waals surface area contributed by atoms with Crippen LogP contribution in [-0.4, -0.2) is 80.6 Å². The monoisotopic (exact) mass is 908 g/mol. The molecule has 2 aliphatic rings. The molecule has 2 heterocycles. The zero-order valence-corrected chi connectivity index (χ0v) is 38.3. The van der Waals surface area contributed by atoms with Crippen molar-refractivity contribution in [2.45, 2.75) is 108 Å². The van der Waals surface area contributed by atoms with Crippen molar-refractivity contribution in [3.05, 3.63) is 215 Å². The van der Waals surface area contributed by atoms with Crippen LogP contribution in [0.2, 0.25) is 0 Å². The number of aliphatic hydroxyl groups is 1. The third-order valence-electron chi connectivity index (χ3n) is 12.5. The van der Waals surface area contributed by atoms with E-state index in [1.54, 1.807) is 7.11 Å². The van der Waals surface area contributed by atoms with E-state index in [0.717, 1.165) is 33.4 Å². The maximum absolute atomic E-state index is 12.5. The number of benzene rings is 6. The van der Waals surface area contributed by atoms with Gasteiger partial charge in [0, 0.05) is 13.0 Å². The lowest BCUT2D eigenvalue weighted by molar-refractivity contribution is -0.303. The highest BCUT2D eigenvalue weighted by Gasteiger charge is 2.50. The lowest BCUT2D eigenvalue weighted by Gasteiger charge is -2.47. The molecule has 10 atom stereocenters. The quantitative estimate of drug-likeness (QED) is 0.0632. The van der Waals surface area contributed by atoms with Crippen LogP contribution in [0.5, 0.6) is 0 Å². The Morgan fingerprint density at radius 3 is 1.09 bits per heavy atom. The van der Waals surface area contributed by atoms with Crippen molar-refractivity contribution in [1.82, 2.24) is 0 Å². The maximum atomic E-state index is 12.5. The van der Waals surface area contributed by atoms with Crippen LogP contribution >= 0.6 is 0 Å². The van der Waals surface area contributed by atoms with Crippen molar-refractivity contribution in [3.63, 3.8) is 0 Å². The SMILES string of the molecule is CO[C@H]1O[C@H](COCc2ccccc2)[C@@H](OCc2ccccc2)[C@H](OCc2ccccc2)[C@@H]1CC[C@@H]1O[C@H](COCc2ccccc2)[C@@H](OCc2ccccc2)[C@H](OCc2ccccc2)[C@H]1O. The van der Waals surface area contributed by atoms with Crippen LogP contribution in [-0.2, 0) is 82.3 Å². The summed E-state index contributed by atoms with van der Waals surface area (Å²) < 4.78 is 59.9. The molecule has 0 radical (unpaired) electrons. The largest absolute Gasteiger partial charge is 0.388 e. The van der Waals surface area contributed by atoms with Gasteiger partial charge >= 0.3 is 0 Å². The number of methoxy groups -OCH3 is 1. The van der Waals surface area contributed by atoms with E-state index >= 15 is 0 Å². The first-order valence-corrected chi connectivity index (χ1v) is 23.5. The summed E-state index contributed by atoms with van der Waals surface area (Å²) in [6, 6.07) is 60.4. The fraction of sp³-hybridized carbons (Fsp3) is 0.368. The van der Waals surface area contributed by atoms with Crippen LogP contribution in [0, 0.1) is 5.92 Å². The highest BCUT2D eigenvalue weighted by molar-refractivity contribution is 5.18. The van der Waals surface area contributed by atoms with Gasteiger partial charge in [-0.3, -0.25) is 0 Å². The molecule has 1 N–H and O–H groups in total. The summed E-state index contributed by atoms with van der Waals surface area (Å²) in [5, 5.41) is 12.5. The Morgan fingerprint density at radius 1 is 0.373 bits per heavy atom. The van der Waals surface area contributed by atoms with Gasteiger partial charge in [0.25, 0.3) is 0 Å². The smallest absolute Gasteiger partial charge is 0.163 e. The first-order valence-electron chi connectivity index (χ1n) is 23.5. The summed E-state index contributed by atoms with van der Waals surface area (Å²) in [5.41, 5.74) is 6.16. The van der Waals surface area contributed by atoms with Crippen LogP contribution in [0.15, 0.2) is 182 Å². The molecule has 6 aromatic carbocycles. The van der Waals surface area contributed by atoms with Gasteiger partial charge in [-0.1, -0.05) is 182 Å². The third-order valence-corrected chi connectivity index (χ3v) is 12.5. The lowest BCUT2D eigenvalue weighted by atomic mass is 9.84. The van der Waals surface area contributed by atoms with Crippen LogP contribution in [0.3, 0.4) is 0 Å². The molecular weight excluding hydrogens is 845 g/mol. The van der Waals surface area contributed by atoms with Crippen molar-refractivity contribution in [2.24, 2.45) is 5.92 Å². The van der Waals surface area contributed by atoms with Crippen molar-refractivity contribution < 1.29 is 47.7 Å². The molecule has 352 valence electrons. The van der Waals surface area contributed by atoms with Crippen molar-refractivity contribution in [1.29, 1.82) is 0 Å². The molecule has 6 aromatic rings. The summed E-state index contributed by atoms with van der Waals surface area (Å²) in [7, 11) is 1.66. The summed E-state index contributed by atoms with van der Waals surface area (Å²) in [6.07, 6.45) is -4.98. The van der Waals surface area contributed by atoms with Gasteiger partial charge in [0.05, 0.1) is 65.1 Å². The number of ether oxygens (including phenoxy) is 9. The second-order valence-corrected chi connectivity index (χ2v) is 17.3. The van der Waals surface area contributed by atoms with E-state index in [1.165, 1.54) is 0 Å². The Balaban J connectivity index is 1.06. The average molecular weight is 909 g/mol. The van der Waals surface area contributed by atoms with Gasteiger partial charge in [-0.25, -0.2) is 0 Å². The minimum absolute atomic E-state index is 0.221. The Hall–Kier alpha value is -5.08. The topological polar surface area (TPSA) is 103 Å². The second kappa shape index (κ2) is 25.9. The van der Waals surface area contributed by atoms with Gasteiger partial charge in [0.1, 0.15) is 36.6 Å². The van der Waals surface area contributed by atoms with Gasteiger partial charge in [-0.05, 0) is 46.2 Å². The molecule has 0 spiro atoms. The Kier molecular flexibility index (Phi) is 18.7. The molecule has 2 saturated heterocycles. The Labute approximate surface area is 395 Å². The van der Waals surface area contributed by atoms with Crippen LogP contribution in [0.4, 0.5) is 0 Å². The number of hydrogen-bond acceptors (Lipinski definition) is 10. The van der Waals surface area contributed by atoms with E-state index in [2.05, 4.69) is 24.3 Å². The fourth-order valence-corrected chi connectivity index (χ4v) is 8.97. The molecule has 2 fully saturated rings. The highest BCUT2D eigenvalue weighted by Crippen LogP contribution is 2.38. The number of rotatable bonds is 24. The van der Waals surface area contributed by atoms with Crippen LogP contribution in [0.25, 0.3) is 0 Å². The molecule has 67 heavy (non-hydrogen) atoms. The Bertz CT molecular complexity index is 2240. The van der Waals surface area contributed by atoms with E-state index in [9.17, 15) is 5.11 Å². The third kappa shape index (κ3) is 14.2. The van der Waals surface area contributed by atoms with E-state index in [1.807, 2.05) is 158 Å². The van der Waals surface area contributed by atoms with Crippen molar-refractivity contribution >= 4 is 0 Å². The first-order chi connectivity index (χ1) is 33.1. The van der Waals surface area contributed by atoms with Gasteiger partial charge in [-0.15, -0.1) is 0 Å². The maximum Gasteiger partial charge on any atom is 0.163 e. The summed E-state index contributed by atoms with van der Waals surface area (Å²) in [5.74, 6) is -0.334. The Morgan fingerprint density at radius 2 is 0.701 bits per heavy atom. The van der Waals surface area contributed by atoms with E-state index in [-0.39, 0.29) is 25.7 Å². The number of hydrogen-bond donors (Lipinski definition) is 1. The molecule has 2 aliphatic heterocycles. The molecular formula is C57H64O10. The van der Waals surface area contributed by atoms with E-state index < -0.39 is 55.1 Å². The van der Waals surface area contributed by atoms with Crippen molar-refractivity contribution in [2.75, 3.05) is 20.3 Å². The van der Waals surface area contributed by atoms with E-state index in [4.69, 9.17) is 42.6 Å². The molecule has 10 heteroatoms. The summed E-state index contributed by atoms with van der Waals surface area (Å²) >= 11 is 0. The molecule has 0 aromatic heterocycles. The lowest BCUT2D eigenvalue weighted by Crippen LogP contribution is -2.61.